The van der Waals surface area contributed by atoms with E-state index in [0.29, 0.717) is 5.56 Å². The normalized spacial score (nSPS) is 10.6. The van der Waals surface area contributed by atoms with Crippen LogP contribution in [0.3, 0.4) is 0 Å². The van der Waals surface area contributed by atoms with Gasteiger partial charge in [0.2, 0.25) is 5.88 Å². The highest BCUT2D eigenvalue weighted by atomic mass is 16.5. The Hall–Kier alpha value is -1.58. The van der Waals surface area contributed by atoms with Gasteiger partial charge in [-0.15, -0.1) is 0 Å². The third-order valence-corrected chi connectivity index (χ3v) is 1.25. The lowest BCUT2D eigenvalue weighted by atomic mass is 10.3. The molecule has 0 aromatic carbocycles. The maximum atomic E-state index is 5.43. The number of hydrogen-bond donors (Lipinski definition) is 1. The molecule has 0 saturated heterocycles. The van der Waals surface area contributed by atoms with Crippen LogP contribution >= 0.6 is 0 Å². The van der Waals surface area contributed by atoms with Crippen LogP contribution in [0.1, 0.15) is 11.3 Å². The zero-order valence-electron chi connectivity index (χ0n) is 6.24. The van der Waals surface area contributed by atoms with Gasteiger partial charge in [-0.05, 0) is 6.92 Å². The first-order valence-electron chi connectivity index (χ1n) is 3.11. The molecule has 0 saturated carbocycles. The van der Waals surface area contributed by atoms with Gasteiger partial charge in [-0.25, -0.2) is 0 Å². The monoisotopic (exact) mass is 151 g/mol. The minimum Gasteiger partial charge on any atom is -0.367 e. The van der Waals surface area contributed by atoms with Gasteiger partial charge >= 0.3 is 0 Å². The van der Waals surface area contributed by atoms with Crippen LogP contribution in [0.5, 0.6) is 0 Å². The number of aryl methyl sites for hydroxylation is 1. The standard InChI is InChI=1S/C7H9N3O/c1-3-9-4-6-5(2)10-11-7(6)8/h3-4H,1,8H2,2H3. The Morgan fingerprint density at radius 2 is 2.45 bits per heavy atom. The highest BCUT2D eigenvalue weighted by Gasteiger charge is 2.05. The van der Waals surface area contributed by atoms with Crippen molar-refractivity contribution in [2.45, 2.75) is 6.92 Å². The minimum absolute atomic E-state index is 0.285. The second-order valence-electron chi connectivity index (χ2n) is 2.01. The number of rotatable bonds is 2. The van der Waals surface area contributed by atoms with Crippen molar-refractivity contribution in [2.24, 2.45) is 4.99 Å². The van der Waals surface area contributed by atoms with Crippen LogP contribution < -0.4 is 5.73 Å². The Kier molecular flexibility index (Phi) is 2.06. The first-order chi connectivity index (χ1) is 5.25. The first-order valence-corrected chi connectivity index (χ1v) is 3.11. The van der Waals surface area contributed by atoms with Crippen LogP contribution in [-0.4, -0.2) is 11.4 Å². The van der Waals surface area contributed by atoms with Crippen LogP contribution in [0.4, 0.5) is 5.88 Å². The number of nitrogen functional groups attached to an aromatic ring is 1. The minimum atomic E-state index is 0.285. The van der Waals surface area contributed by atoms with Crippen molar-refractivity contribution in [3.05, 3.63) is 24.0 Å². The summed E-state index contributed by atoms with van der Waals surface area (Å²) >= 11 is 0. The fourth-order valence-electron chi connectivity index (χ4n) is 0.679. The van der Waals surface area contributed by atoms with Crippen LogP contribution in [0, 0.1) is 6.92 Å². The third kappa shape index (κ3) is 1.46. The van der Waals surface area contributed by atoms with E-state index >= 15 is 0 Å². The molecule has 0 unspecified atom stereocenters. The van der Waals surface area contributed by atoms with Crippen LogP contribution in [-0.2, 0) is 0 Å². The van der Waals surface area contributed by atoms with E-state index in [-0.39, 0.29) is 5.88 Å². The zero-order valence-corrected chi connectivity index (χ0v) is 6.24. The molecular weight excluding hydrogens is 142 g/mol. The Bertz CT molecular complexity index is 268. The van der Waals surface area contributed by atoms with E-state index in [1.807, 2.05) is 0 Å². The van der Waals surface area contributed by atoms with E-state index in [1.54, 1.807) is 13.1 Å². The van der Waals surface area contributed by atoms with E-state index in [1.165, 1.54) is 6.20 Å². The molecule has 1 rings (SSSR count). The highest BCUT2D eigenvalue weighted by molar-refractivity contribution is 5.86. The van der Waals surface area contributed by atoms with Crippen molar-refractivity contribution >= 4 is 12.1 Å². The van der Waals surface area contributed by atoms with E-state index in [4.69, 9.17) is 10.3 Å². The fraction of sp³-hybridized carbons (Fsp3) is 0.143. The molecule has 0 aliphatic rings. The average molecular weight is 151 g/mol. The molecule has 4 nitrogen and oxygen atoms in total. The van der Waals surface area contributed by atoms with Gasteiger partial charge in [-0.1, -0.05) is 11.7 Å². The van der Waals surface area contributed by atoms with Gasteiger partial charge in [-0.2, -0.15) is 0 Å². The van der Waals surface area contributed by atoms with E-state index in [9.17, 15) is 0 Å². The van der Waals surface area contributed by atoms with Gasteiger partial charge in [0.1, 0.15) is 0 Å². The molecule has 4 heteroatoms. The lowest BCUT2D eigenvalue weighted by molar-refractivity contribution is 0.431. The van der Waals surface area contributed by atoms with Crippen LogP contribution in [0.2, 0.25) is 0 Å². The van der Waals surface area contributed by atoms with Crippen LogP contribution in [0.25, 0.3) is 0 Å². The van der Waals surface area contributed by atoms with Gasteiger partial charge in [-0.3, -0.25) is 4.99 Å². The summed E-state index contributed by atoms with van der Waals surface area (Å²) in [7, 11) is 0. The Morgan fingerprint density at radius 1 is 1.73 bits per heavy atom. The summed E-state index contributed by atoms with van der Waals surface area (Å²) in [6, 6.07) is 0. The molecular formula is C7H9N3O. The molecule has 0 aliphatic carbocycles. The number of aromatic nitrogens is 1. The molecule has 0 amide bonds. The van der Waals surface area contributed by atoms with Crippen molar-refractivity contribution in [1.82, 2.24) is 5.16 Å². The first kappa shape index (κ1) is 7.53. The molecule has 0 fully saturated rings. The molecule has 1 aromatic heterocycles. The maximum Gasteiger partial charge on any atom is 0.231 e. The predicted octanol–water partition coefficient (Wildman–Crippen LogP) is 1.13. The zero-order chi connectivity index (χ0) is 8.27. The second kappa shape index (κ2) is 3.01. The molecule has 1 aromatic rings. The van der Waals surface area contributed by atoms with Crippen molar-refractivity contribution in [2.75, 3.05) is 5.73 Å². The molecule has 58 valence electrons. The second-order valence-corrected chi connectivity index (χ2v) is 2.01. The molecule has 2 N–H and O–H groups in total. The SMILES string of the molecule is C=CN=Cc1c(C)noc1N. The molecule has 0 aliphatic heterocycles. The van der Waals surface area contributed by atoms with Gasteiger partial charge in [0, 0.05) is 12.4 Å². The largest absolute Gasteiger partial charge is 0.367 e. The molecule has 0 radical (unpaired) electrons. The number of nitrogens with zero attached hydrogens (tertiary/aromatic N) is 2. The van der Waals surface area contributed by atoms with Gasteiger partial charge in [0.25, 0.3) is 0 Å². The topological polar surface area (TPSA) is 64.4 Å². The van der Waals surface area contributed by atoms with Crippen molar-refractivity contribution < 1.29 is 4.52 Å². The summed E-state index contributed by atoms with van der Waals surface area (Å²) in [5.74, 6) is 0.285. The Morgan fingerprint density at radius 3 is 2.91 bits per heavy atom. The van der Waals surface area contributed by atoms with Crippen molar-refractivity contribution in [3.8, 4) is 0 Å². The van der Waals surface area contributed by atoms with Gasteiger partial charge < -0.3 is 10.3 Å². The van der Waals surface area contributed by atoms with E-state index in [2.05, 4.69) is 16.7 Å². The Balaban J connectivity index is 3.00. The summed E-state index contributed by atoms with van der Waals surface area (Å²) < 4.78 is 4.69. The quantitative estimate of drug-likeness (QED) is 0.644. The molecule has 11 heavy (non-hydrogen) atoms. The summed E-state index contributed by atoms with van der Waals surface area (Å²) in [4.78, 5) is 3.79. The lowest BCUT2D eigenvalue weighted by Crippen LogP contribution is -1.89. The average Bonchev–Trinajstić information content (AvgIpc) is 2.29. The number of hydrogen-bond acceptors (Lipinski definition) is 4. The molecule has 0 spiro atoms. The van der Waals surface area contributed by atoms with Gasteiger partial charge in [0.05, 0.1) is 11.3 Å². The third-order valence-electron chi connectivity index (χ3n) is 1.25. The highest BCUT2D eigenvalue weighted by Crippen LogP contribution is 2.11. The summed E-state index contributed by atoms with van der Waals surface area (Å²) in [5, 5.41) is 3.64. The number of aliphatic imine (C=N–C) groups is 1. The van der Waals surface area contributed by atoms with E-state index in [0.717, 1.165) is 5.69 Å². The number of nitrogens with two attached hydrogens (primary N) is 1. The Labute approximate surface area is 64.4 Å². The fourth-order valence-corrected chi connectivity index (χ4v) is 0.679. The van der Waals surface area contributed by atoms with Gasteiger partial charge in [0.15, 0.2) is 0 Å². The molecule has 0 atom stereocenters. The summed E-state index contributed by atoms with van der Waals surface area (Å²) in [5.41, 5.74) is 6.87. The van der Waals surface area contributed by atoms with Crippen LogP contribution in [0.15, 0.2) is 22.3 Å². The lowest BCUT2D eigenvalue weighted by Gasteiger charge is -1.84. The number of anilines is 1. The van der Waals surface area contributed by atoms with E-state index < -0.39 is 0 Å². The maximum absolute atomic E-state index is 5.43. The predicted molar refractivity (Wildman–Crippen MR) is 43.4 cm³/mol. The smallest absolute Gasteiger partial charge is 0.231 e. The van der Waals surface area contributed by atoms with Crippen molar-refractivity contribution in [1.29, 1.82) is 0 Å². The van der Waals surface area contributed by atoms with Crippen molar-refractivity contribution in [3.63, 3.8) is 0 Å². The summed E-state index contributed by atoms with van der Waals surface area (Å²) in [6.45, 7) is 5.23. The molecule has 0 bridgehead atoms. The molecule has 1 heterocycles. The summed E-state index contributed by atoms with van der Waals surface area (Å²) in [6.07, 6.45) is 2.99.